The normalized spacial score (nSPS) is 12.5. The average Bonchev–Trinajstić information content (AvgIpc) is 3.24. The third-order valence-corrected chi connectivity index (χ3v) is 4.57. The fraction of sp³-hybridized carbons (Fsp3) is 0.238. The highest BCUT2D eigenvalue weighted by Gasteiger charge is 2.31. The van der Waals surface area contributed by atoms with Gasteiger partial charge in [-0.15, -0.1) is 18.3 Å². The molecule has 2 aromatic carbocycles. The first-order valence-corrected chi connectivity index (χ1v) is 10.1. The molecule has 0 amide bonds. The van der Waals surface area contributed by atoms with Crippen LogP contribution in [-0.2, 0) is 0 Å². The third kappa shape index (κ3) is 6.77. The van der Waals surface area contributed by atoms with E-state index in [9.17, 15) is 13.2 Å². The summed E-state index contributed by atoms with van der Waals surface area (Å²) < 4.78 is 42.2. The van der Waals surface area contributed by atoms with Crippen molar-refractivity contribution in [3.63, 3.8) is 0 Å². The zero-order valence-corrected chi connectivity index (χ0v) is 18.1. The Morgan fingerprint density at radius 3 is 2.50 bits per heavy atom. The molecule has 1 atom stereocenters. The van der Waals surface area contributed by atoms with Gasteiger partial charge in [-0.3, -0.25) is 5.43 Å². The van der Waals surface area contributed by atoms with Crippen molar-refractivity contribution in [2.24, 2.45) is 5.10 Å². The van der Waals surface area contributed by atoms with Crippen LogP contribution in [0.3, 0.4) is 0 Å². The maximum absolute atomic E-state index is 12.3. The summed E-state index contributed by atoms with van der Waals surface area (Å²) in [5.41, 5.74) is 4.95. The summed E-state index contributed by atoms with van der Waals surface area (Å²) in [6.07, 6.45) is -0.648. The minimum Gasteiger partial charge on any atom is -0.406 e. The second kappa shape index (κ2) is 10.2. The van der Waals surface area contributed by atoms with Crippen molar-refractivity contribution < 1.29 is 17.9 Å². The van der Waals surface area contributed by atoms with Gasteiger partial charge in [-0.25, -0.2) is 9.67 Å². The van der Waals surface area contributed by atoms with Gasteiger partial charge in [-0.05, 0) is 55.4 Å². The Morgan fingerprint density at radius 1 is 1.19 bits per heavy atom. The fourth-order valence-corrected chi connectivity index (χ4v) is 2.82. The Labute approximate surface area is 188 Å². The van der Waals surface area contributed by atoms with Crippen LogP contribution in [0.25, 0.3) is 17.1 Å². The Kier molecular flexibility index (Phi) is 7.41. The van der Waals surface area contributed by atoms with E-state index < -0.39 is 6.36 Å². The number of hydrogen-bond acceptors (Lipinski definition) is 5. The molecule has 32 heavy (non-hydrogen) atoms. The summed E-state index contributed by atoms with van der Waals surface area (Å²) in [5, 5.41) is 12.1. The Hall–Kier alpha value is -3.47. The largest absolute Gasteiger partial charge is 0.573 e. The second-order valence-corrected chi connectivity index (χ2v) is 7.24. The number of nitrogens with one attached hydrogen (secondary N) is 2. The molecule has 0 radical (unpaired) electrons. The van der Waals surface area contributed by atoms with Crippen molar-refractivity contribution >= 4 is 23.5 Å². The van der Waals surface area contributed by atoms with Crippen LogP contribution < -0.4 is 15.5 Å². The topological polar surface area (TPSA) is 76.4 Å². The summed E-state index contributed by atoms with van der Waals surface area (Å²) in [4.78, 5) is 4.26. The molecule has 3 rings (SSSR count). The van der Waals surface area contributed by atoms with Gasteiger partial charge in [0.1, 0.15) is 12.1 Å². The molecule has 0 spiro atoms. The van der Waals surface area contributed by atoms with Crippen LogP contribution in [0.2, 0.25) is 0 Å². The van der Waals surface area contributed by atoms with E-state index in [2.05, 4.69) is 37.6 Å². The fourth-order valence-electron chi connectivity index (χ4n) is 2.56. The molecule has 0 saturated heterocycles. The number of alkyl halides is 3. The Bertz CT molecular complexity index is 1060. The van der Waals surface area contributed by atoms with Gasteiger partial charge in [0.2, 0.25) is 0 Å². The van der Waals surface area contributed by atoms with Crippen molar-refractivity contribution in [3.05, 3.63) is 60.4 Å². The number of thiocarbonyl (C=S) groups is 1. The molecule has 7 nitrogen and oxygen atoms in total. The number of ether oxygens (including phenoxy) is 1. The van der Waals surface area contributed by atoms with Crippen LogP contribution >= 0.6 is 12.2 Å². The summed E-state index contributed by atoms with van der Waals surface area (Å²) in [5.74, 6) is 0.172. The van der Waals surface area contributed by atoms with Gasteiger partial charge >= 0.3 is 6.36 Å². The lowest BCUT2D eigenvalue weighted by Gasteiger charge is -2.12. The first kappa shape index (κ1) is 23.2. The molecule has 0 aliphatic heterocycles. The highest BCUT2D eigenvalue weighted by Crippen LogP contribution is 2.24. The Balaban J connectivity index is 1.61. The molecule has 0 saturated carbocycles. The van der Waals surface area contributed by atoms with Gasteiger partial charge in [0.05, 0.1) is 11.9 Å². The number of aromatic nitrogens is 3. The molecule has 168 valence electrons. The van der Waals surface area contributed by atoms with E-state index in [1.54, 1.807) is 6.21 Å². The van der Waals surface area contributed by atoms with Crippen molar-refractivity contribution in [1.29, 1.82) is 0 Å². The lowest BCUT2D eigenvalue weighted by atomic mass is 10.1. The van der Waals surface area contributed by atoms with Gasteiger partial charge in [-0.2, -0.15) is 5.10 Å². The van der Waals surface area contributed by atoms with Crippen molar-refractivity contribution in [2.45, 2.75) is 32.7 Å². The summed E-state index contributed by atoms with van der Waals surface area (Å²) in [7, 11) is 0. The maximum Gasteiger partial charge on any atom is 0.573 e. The third-order valence-electron chi connectivity index (χ3n) is 4.37. The minimum absolute atomic E-state index is 0.267. The summed E-state index contributed by atoms with van der Waals surface area (Å²) >= 11 is 5.16. The van der Waals surface area contributed by atoms with Crippen molar-refractivity contribution in [3.8, 4) is 22.8 Å². The van der Waals surface area contributed by atoms with Gasteiger partial charge in [0.15, 0.2) is 10.9 Å². The molecule has 0 fully saturated rings. The zero-order valence-electron chi connectivity index (χ0n) is 17.3. The number of hydrogen-bond donors (Lipinski definition) is 2. The predicted octanol–water partition coefficient (Wildman–Crippen LogP) is 4.43. The number of nitrogens with zero attached hydrogens (tertiary/aromatic N) is 4. The lowest BCUT2D eigenvalue weighted by molar-refractivity contribution is -0.274. The predicted molar refractivity (Wildman–Crippen MR) is 120 cm³/mol. The van der Waals surface area contributed by atoms with E-state index >= 15 is 0 Å². The molecule has 1 unspecified atom stereocenters. The number of hydrazone groups is 1. The van der Waals surface area contributed by atoms with Crippen LogP contribution in [-0.4, -0.2) is 38.5 Å². The van der Waals surface area contributed by atoms with Crippen LogP contribution in [0.1, 0.15) is 25.8 Å². The first-order valence-electron chi connectivity index (χ1n) is 9.71. The van der Waals surface area contributed by atoms with Crippen LogP contribution in [0.15, 0.2) is 60.0 Å². The smallest absolute Gasteiger partial charge is 0.406 e. The van der Waals surface area contributed by atoms with Crippen LogP contribution in [0.5, 0.6) is 5.75 Å². The van der Waals surface area contributed by atoms with Gasteiger partial charge in [0.25, 0.3) is 0 Å². The SMILES string of the molecule is CCC(C)NC(=S)N/N=C/c1ccc(-c2ncn(-c3ccc(OC(F)(F)F)cc3)n2)cc1. The lowest BCUT2D eigenvalue weighted by Crippen LogP contribution is -2.37. The molecule has 0 aliphatic rings. The molecule has 2 N–H and O–H groups in total. The van der Waals surface area contributed by atoms with Gasteiger partial charge in [0, 0.05) is 11.6 Å². The van der Waals surface area contributed by atoms with E-state index in [4.69, 9.17) is 12.2 Å². The molecule has 1 heterocycles. The molecule has 11 heteroatoms. The molecule has 3 aromatic rings. The quantitative estimate of drug-likeness (QED) is 0.307. The van der Waals surface area contributed by atoms with E-state index in [-0.39, 0.29) is 11.8 Å². The van der Waals surface area contributed by atoms with Crippen LogP contribution in [0.4, 0.5) is 13.2 Å². The highest BCUT2D eigenvalue weighted by atomic mass is 32.1. The van der Waals surface area contributed by atoms with Crippen molar-refractivity contribution in [1.82, 2.24) is 25.5 Å². The summed E-state index contributed by atoms with van der Waals surface area (Å²) in [6, 6.07) is 13.0. The van der Waals surface area contributed by atoms with E-state index in [1.807, 2.05) is 31.2 Å². The minimum atomic E-state index is -4.73. The van der Waals surface area contributed by atoms with Crippen molar-refractivity contribution in [2.75, 3.05) is 0 Å². The average molecular weight is 463 g/mol. The molecule has 0 bridgehead atoms. The number of benzene rings is 2. The number of rotatable bonds is 7. The Morgan fingerprint density at radius 2 is 1.88 bits per heavy atom. The van der Waals surface area contributed by atoms with E-state index in [0.717, 1.165) is 17.5 Å². The molecule has 0 aliphatic carbocycles. The number of halogens is 3. The molecular formula is C21H21F3N6OS. The maximum atomic E-state index is 12.3. The second-order valence-electron chi connectivity index (χ2n) is 6.83. The van der Waals surface area contributed by atoms with Gasteiger partial charge in [-0.1, -0.05) is 31.2 Å². The van der Waals surface area contributed by atoms with E-state index in [0.29, 0.717) is 16.6 Å². The first-order chi connectivity index (χ1) is 15.2. The molecule has 1 aromatic heterocycles. The van der Waals surface area contributed by atoms with E-state index in [1.165, 1.54) is 35.3 Å². The zero-order chi connectivity index (χ0) is 23.1. The molecular weight excluding hydrogens is 441 g/mol. The summed E-state index contributed by atoms with van der Waals surface area (Å²) in [6.45, 7) is 4.09. The standard InChI is InChI=1S/C21H21F3N6OS/c1-3-14(2)27-20(32)28-26-12-15-4-6-16(7-5-15)19-25-13-30(29-19)17-8-10-18(11-9-17)31-21(22,23)24/h4-14H,3H2,1-2H3,(H2,27,28,32)/b26-12+. The van der Waals surface area contributed by atoms with Crippen LogP contribution in [0, 0.1) is 0 Å². The monoisotopic (exact) mass is 462 g/mol. The van der Waals surface area contributed by atoms with Gasteiger partial charge < -0.3 is 10.1 Å². The highest BCUT2D eigenvalue weighted by molar-refractivity contribution is 7.80.